The van der Waals surface area contributed by atoms with E-state index in [9.17, 15) is 9.46 Å². The Hall–Kier alpha value is 1.37. The standard InChI is InChI=1S/C12H27O4P.Ca.2H/c1-10(2)8-12(5)6-7-15-17(13,14)16-9-11(3)4;;;/h10-12H,6-9H2,1-5H3,(H,13,14);;;. The minimum absolute atomic E-state index is 0. The Morgan fingerprint density at radius 1 is 1.06 bits per heavy atom. The molecule has 18 heavy (non-hydrogen) atoms. The van der Waals surface area contributed by atoms with Gasteiger partial charge in [0.1, 0.15) is 0 Å². The number of phosphoric ester groups is 1. The van der Waals surface area contributed by atoms with Gasteiger partial charge in [0.25, 0.3) is 0 Å². The van der Waals surface area contributed by atoms with Crippen LogP contribution in [0.3, 0.4) is 0 Å². The van der Waals surface area contributed by atoms with Gasteiger partial charge in [-0.25, -0.2) is 4.57 Å². The van der Waals surface area contributed by atoms with Crippen molar-refractivity contribution in [1.82, 2.24) is 0 Å². The molecule has 0 rings (SSSR count). The van der Waals surface area contributed by atoms with Gasteiger partial charge in [0.05, 0.1) is 13.2 Å². The molecular weight excluding hydrogens is 279 g/mol. The molecule has 0 aromatic carbocycles. The van der Waals surface area contributed by atoms with Gasteiger partial charge in [0.2, 0.25) is 0 Å². The van der Waals surface area contributed by atoms with Crippen LogP contribution < -0.4 is 0 Å². The first kappa shape index (κ1) is 21.7. The fourth-order valence-corrected chi connectivity index (χ4v) is 2.47. The van der Waals surface area contributed by atoms with Crippen LogP contribution in [0, 0.1) is 17.8 Å². The number of hydrogen-bond acceptors (Lipinski definition) is 3. The van der Waals surface area contributed by atoms with E-state index in [1.807, 2.05) is 13.8 Å². The normalized spacial score (nSPS) is 16.4. The number of phosphoric acid groups is 1. The van der Waals surface area contributed by atoms with E-state index in [2.05, 4.69) is 20.8 Å². The van der Waals surface area contributed by atoms with Crippen LogP contribution in [0.15, 0.2) is 0 Å². The Labute approximate surface area is 141 Å². The van der Waals surface area contributed by atoms with Crippen molar-refractivity contribution in [2.75, 3.05) is 13.2 Å². The average Bonchev–Trinajstić information content (AvgIpc) is 2.13. The van der Waals surface area contributed by atoms with E-state index in [0.29, 0.717) is 11.8 Å². The van der Waals surface area contributed by atoms with Crippen LogP contribution in [-0.4, -0.2) is 55.8 Å². The van der Waals surface area contributed by atoms with Gasteiger partial charge in [-0.15, -0.1) is 0 Å². The van der Waals surface area contributed by atoms with Gasteiger partial charge in [-0.05, 0) is 30.6 Å². The number of rotatable bonds is 9. The third-order valence-corrected chi connectivity index (χ3v) is 3.29. The van der Waals surface area contributed by atoms with Crippen molar-refractivity contribution in [3.05, 3.63) is 0 Å². The van der Waals surface area contributed by atoms with Gasteiger partial charge in [0, 0.05) is 0 Å². The van der Waals surface area contributed by atoms with Crippen molar-refractivity contribution in [1.29, 1.82) is 0 Å². The molecule has 1 N–H and O–H groups in total. The van der Waals surface area contributed by atoms with E-state index in [1.165, 1.54) is 0 Å². The summed E-state index contributed by atoms with van der Waals surface area (Å²) in [5.74, 6) is 1.36. The van der Waals surface area contributed by atoms with Gasteiger partial charge in [-0.2, -0.15) is 0 Å². The summed E-state index contributed by atoms with van der Waals surface area (Å²) in [6.07, 6.45) is 1.89. The molecule has 0 bridgehead atoms. The SMILES string of the molecule is CC(C)COP(=O)(O)OCCC(C)CC(C)C.[CaH2]. The zero-order valence-electron chi connectivity index (χ0n) is 11.7. The molecule has 0 saturated heterocycles. The van der Waals surface area contributed by atoms with Crippen LogP contribution in [0.25, 0.3) is 0 Å². The summed E-state index contributed by atoms with van der Waals surface area (Å²) in [5.41, 5.74) is 0. The van der Waals surface area contributed by atoms with Gasteiger partial charge >= 0.3 is 45.6 Å². The average molecular weight is 308 g/mol. The minimum atomic E-state index is -3.84. The van der Waals surface area contributed by atoms with Crippen molar-refractivity contribution in [2.24, 2.45) is 17.8 Å². The summed E-state index contributed by atoms with van der Waals surface area (Å²) in [6.45, 7) is 10.8. The van der Waals surface area contributed by atoms with Gasteiger partial charge in [0.15, 0.2) is 0 Å². The molecule has 2 unspecified atom stereocenters. The first-order chi connectivity index (χ1) is 7.73. The van der Waals surface area contributed by atoms with Gasteiger partial charge < -0.3 is 4.89 Å². The van der Waals surface area contributed by atoms with Crippen molar-refractivity contribution in [3.8, 4) is 0 Å². The Bertz CT molecular complexity index is 246. The molecule has 4 nitrogen and oxygen atoms in total. The van der Waals surface area contributed by atoms with E-state index in [4.69, 9.17) is 9.05 Å². The molecule has 0 aliphatic heterocycles. The predicted molar refractivity (Wildman–Crippen MR) is 78.3 cm³/mol. The molecule has 6 heteroatoms. The fourth-order valence-electron chi connectivity index (χ4n) is 1.57. The summed E-state index contributed by atoms with van der Waals surface area (Å²) < 4.78 is 21.2. The maximum absolute atomic E-state index is 11.4. The summed E-state index contributed by atoms with van der Waals surface area (Å²) in [7, 11) is -3.84. The molecule has 0 aromatic heterocycles. The monoisotopic (exact) mass is 308 g/mol. The third kappa shape index (κ3) is 13.8. The fraction of sp³-hybridized carbons (Fsp3) is 1.00. The quantitative estimate of drug-likeness (QED) is 0.525. The van der Waals surface area contributed by atoms with Crippen molar-refractivity contribution < 1.29 is 18.5 Å². The molecule has 2 atom stereocenters. The molecule has 0 aliphatic carbocycles. The molecule has 0 fully saturated rings. The van der Waals surface area contributed by atoms with Gasteiger partial charge in [-0.3, -0.25) is 9.05 Å². The zero-order chi connectivity index (χ0) is 13.5. The van der Waals surface area contributed by atoms with E-state index >= 15 is 0 Å². The van der Waals surface area contributed by atoms with E-state index < -0.39 is 7.82 Å². The second kappa shape index (κ2) is 11.1. The van der Waals surface area contributed by atoms with E-state index in [0.717, 1.165) is 12.8 Å². The number of hydrogen-bond donors (Lipinski definition) is 1. The van der Waals surface area contributed by atoms with Crippen LogP contribution in [0.4, 0.5) is 0 Å². The molecule has 108 valence electrons. The molecule has 0 saturated carbocycles. The van der Waals surface area contributed by atoms with Crippen molar-refractivity contribution >= 4 is 45.6 Å². The maximum atomic E-state index is 11.4. The van der Waals surface area contributed by atoms with Crippen LogP contribution >= 0.6 is 7.82 Å². The van der Waals surface area contributed by atoms with Crippen molar-refractivity contribution in [3.63, 3.8) is 0 Å². The second-order valence-corrected chi connectivity index (χ2v) is 6.97. The Morgan fingerprint density at radius 3 is 2.06 bits per heavy atom. The topological polar surface area (TPSA) is 55.8 Å². The Balaban J connectivity index is 0. The molecule has 0 spiro atoms. The first-order valence-electron chi connectivity index (χ1n) is 6.34. The third-order valence-electron chi connectivity index (χ3n) is 2.31. The van der Waals surface area contributed by atoms with E-state index in [-0.39, 0.29) is 56.9 Å². The summed E-state index contributed by atoms with van der Waals surface area (Å²) in [5, 5.41) is 0. The first-order valence-corrected chi connectivity index (χ1v) is 7.84. The molecule has 0 aromatic rings. The molecule has 0 amide bonds. The van der Waals surface area contributed by atoms with Gasteiger partial charge in [-0.1, -0.05) is 34.6 Å². The molecular formula is C12H29CaO4P. The Morgan fingerprint density at radius 2 is 1.61 bits per heavy atom. The second-order valence-electron chi connectivity index (χ2n) is 5.51. The van der Waals surface area contributed by atoms with Crippen LogP contribution in [0.2, 0.25) is 0 Å². The Kier molecular flexibility index (Phi) is 13.3. The summed E-state index contributed by atoms with van der Waals surface area (Å²) in [6, 6.07) is 0. The summed E-state index contributed by atoms with van der Waals surface area (Å²) in [4.78, 5) is 9.37. The van der Waals surface area contributed by atoms with E-state index in [1.54, 1.807) is 0 Å². The van der Waals surface area contributed by atoms with Crippen LogP contribution in [-0.2, 0) is 13.6 Å². The molecule has 0 radical (unpaired) electrons. The summed E-state index contributed by atoms with van der Waals surface area (Å²) >= 11 is 0. The van der Waals surface area contributed by atoms with Crippen molar-refractivity contribution in [2.45, 2.75) is 47.5 Å². The zero-order valence-corrected chi connectivity index (χ0v) is 12.6. The van der Waals surface area contributed by atoms with Crippen LogP contribution in [0.5, 0.6) is 0 Å². The van der Waals surface area contributed by atoms with Crippen LogP contribution in [0.1, 0.15) is 47.5 Å². The molecule has 0 heterocycles. The molecule has 0 aliphatic rings. The predicted octanol–water partition coefficient (Wildman–Crippen LogP) is 2.93.